The van der Waals surface area contributed by atoms with Gasteiger partial charge in [0.2, 0.25) is 0 Å². The molecule has 3 aromatic rings. The zero-order chi connectivity index (χ0) is 20.4. The molecule has 150 valence electrons. The van der Waals surface area contributed by atoms with Crippen LogP contribution in [-0.2, 0) is 18.4 Å². The molecule has 1 aromatic heterocycles. The molecule has 1 saturated heterocycles. The Balaban J connectivity index is 1.51. The van der Waals surface area contributed by atoms with Gasteiger partial charge in [-0.05, 0) is 54.1 Å². The van der Waals surface area contributed by atoms with Gasteiger partial charge in [0.05, 0.1) is 5.52 Å². The van der Waals surface area contributed by atoms with Crippen molar-refractivity contribution in [2.75, 3.05) is 13.2 Å². The first kappa shape index (κ1) is 19.3. The van der Waals surface area contributed by atoms with Gasteiger partial charge in [-0.15, -0.1) is 0 Å². The summed E-state index contributed by atoms with van der Waals surface area (Å²) in [6, 6.07) is 13.1. The predicted octanol–water partition coefficient (Wildman–Crippen LogP) is 3.87. The number of halogens is 1. The minimum atomic E-state index is -0.494. The second-order valence-corrected chi connectivity index (χ2v) is 7.34. The summed E-state index contributed by atoms with van der Waals surface area (Å²) < 4.78 is 26.7. The van der Waals surface area contributed by atoms with Crippen LogP contribution in [0.15, 0.2) is 53.3 Å². The Morgan fingerprint density at radius 1 is 1.14 bits per heavy atom. The molecule has 0 radical (unpaired) electrons. The molecule has 0 aliphatic carbocycles. The van der Waals surface area contributed by atoms with Gasteiger partial charge in [0, 0.05) is 43.9 Å². The predicted molar refractivity (Wildman–Crippen MR) is 108 cm³/mol. The molecule has 0 bridgehead atoms. The molecule has 1 aliphatic heterocycles. The summed E-state index contributed by atoms with van der Waals surface area (Å²) in [7, 11) is 1.73. The van der Waals surface area contributed by atoms with Crippen molar-refractivity contribution in [2.24, 2.45) is 13.0 Å². The van der Waals surface area contributed by atoms with E-state index in [1.807, 2.05) is 18.2 Å². The molecule has 1 aliphatic rings. The van der Waals surface area contributed by atoms with E-state index in [9.17, 15) is 14.0 Å². The third-order valence-corrected chi connectivity index (χ3v) is 5.34. The number of fused-ring (bicyclic) bond motifs is 1. The van der Waals surface area contributed by atoms with Gasteiger partial charge in [0.15, 0.2) is 5.78 Å². The molecule has 1 fully saturated rings. The summed E-state index contributed by atoms with van der Waals surface area (Å²) in [6.45, 7) is 1.35. The van der Waals surface area contributed by atoms with E-state index in [-0.39, 0.29) is 23.9 Å². The molecule has 0 amide bonds. The largest absolute Gasteiger partial charge is 0.489 e. The average molecular weight is 395 g/mol. The number of ketones is 1. The van der Waals surface area contributed by atoms with Crippen LogP contribution in [0.4, 0.5) is 4.39 Å². The standard InChI is InChI=1S/C23H22FNO4/c1-25-21-4-2-15(10-17(21)3-5-22(25)26)14-29-20-12-18(11-19(24)13-20)23(27)16-6-8-28-9-7-16/h2-5,10-13,16H,6-9,14H2,1H3. The van der Waals surface area contributed by atoms with E-state index in [0.29, 0.717) is 37.4 Å². The van der Waals surface area contributed by atoms with E-state index in [2.05, 4.69) is 0 Å². The van der Waals surface area contributed by atoms with Crippen LogP contribution in [0.2, 0.25) is 0 Å². The number of hydrogen-bond donors (Lipinski definition) is 0. The van der Waals surface area contributed by atoms with Gasteiger partial charge >= 0.3 is 0 Å². The van der Waals surface area contributed by atoms with E-state index in [1.54, 1.807) is 23.7 Å². The zero-order valence-corrected chi connectivity index (χ0v) is 16.2. The fourth-order valence-electron chi connectivity index (χ4n) is 3.67. The number of aryl methyl sites for hydroxylation is 1. The van der Waals surface area contributed by atoms with E-state index >= 15 is 0 Å². The van der Waals surface area contributed by atoms with E-state index < -0.39 is 5.82 Å². The molecule has 0 atom stereocenters. The molecule has 2 heterocycles. The highest BCUT2D eigenvalue weighted by Crippen LogP contribution is 2.25. The maximum absolute atomic E-state index is 14.1. The van der Waals surface area contributed by atoms with Crippen molar-refractivity contribution in [1.29, 1.82) is 0 Å². The minimum absolute atomic E-state index is 0.0655. The smallest absolute Gasteiger partial charge is 0.250 e. The molecular formula is C23H22FNO4. The molecule has 2 aromatic carbocycles. The molecule has 0 saturated carbocycles. The fourth-order valence-corrected chi connectivity index (χ4v) is 3.67. The van der Waals surface area contributed by atoms with E-state index in [4.69, 9.17) is 9.47 Å². The summed E-state index contributed by atoms with van der Waals surface area (Å²) >= 11 is 0. The van der Waals surface area contributed by atoms with E-state index in [1.165, 1.54) is 18.2 Å². The van der Waals surface area contributed by atoms with Crippen molar-refractivity contribution in [3.8, 4) is 5.75 Å². The first-order chi connectivity index (χ1) is 14.0. The van der Waals surface area contributed by atoms with Gasteiger partial charge in [-0.25, -0.2) is 4.39 Å². The van der Waals surface area contributed by atoms with Gasteiger partial charge in [-0.2, -0.15) is 0 Å². The number of ether oxygens (including phenoxy) is 2. The summed E-state index contributed by atoms with van der Waals surface area (Å²) in [5.74, 6) is -0.373. The maximum atomic E-state index is 14.1. The Hall–Kier alpha value is -2.99. The van der Waals surface area contributed by atoms with Crippen LogP contribution >= 0.6 is 0 Å². The minimum Gasteiger partial charge on any atom is -0.489 e. The molecule has 5 nitrogen and oxygen atoms in total. The van der Waals surface area contributed by atoms with Crippen molar-refractivity contribution >= 4 is 16.7 Å². The second-order valence-electron chi connectivity index (χ2n) is 7.34. The molecule has 6 heteroatoms. The van der Waals surface area contributed by atoms with Crippen molar-refractivity contribution < 1.29 is 18.7 Å². The highest BCUT2D eigenvalue weighted by Gasteiger charge is 2.23. The fraction of sp³-hybridized carbons (Fsp3) is 0.304. The lowest BCUT2D eigenvalue weighted by molar-refractivity contribution is 0.0544. The number of Topliss-reactive ketones (excluding diaryl/α,β-unsaturated/α-hetero) is 1. The van der Waals surface area contributed by atoms with Gasteiger partial charge in [-0.1, -0.05) is 6.07 Å². The lowest BCUT2D eigenvalue weighted by Gasteiger charge is -2.21. The van der Waals surface area contributed by atoms with Gasteiger partial charge in [0.1, 0.15) is 18.2 Å². The van der Waals surface area contributed by atoms with Crippen molar-refractivity contribution in [3.05, 3.63) is 75.8 Å². The molecule has 0 spiro atoms. The Bertz CT molecular complexity index is 1120. The highest BCUT2D eigenvalue weighted by molar-refractivity contribution is 5.98. The van der Waals surface area contributed by atoms with Crippen LogP contribution in [-0.4, -0.2) is 23.6 Å². The average Bonchev–Trinajstić information content (AvgIpc) is 2.74. The van der Waals surface area contributed by atoms with Gasteiger partial charge < -0.3 is 14.0 Å². The Morgan fingerprint density at radius 3 is 2.72 bits per heavy atom. The third kappa shape index (κ3) is 4.22. The van der Waals surface area contributed by atoms with Crippen LogP contribution in [0.25, 0.3) is 10.9 Å². The molecule has 0 unspecified atom stereocenters. The number of nitrogens with zero attached hydrogens (tertiary/aromatic N) is 1. The van der Waals surface area contributed by atoms with E-state index in [0.717, 1.165) is 16.5 Å². The summed E-state index contributed by atoms with van der Waals surface area (Å²) in [6.07, 6.45) is 1.32. The molecule has 4 rings (SSSR count). The number of aromatic nitrogens is 1. The number of carbonyl (C=O) groups is 1. The van der Waals surface area contributed by atoms with Crippen LogP contribution < -0.4 is 10.3 Å². The number of rotatable bonds is 5. The van der Waals surface area contributed by atoms with Gasteiger partial charge in [0.25, 0.3) is 5.56 Å². The first-order valence-corrected chi connectivity index (χ1v) is 9.65. The Morgan fingerprint density at radius 2 is 1.93 bits per heavy atom. The van der Waals surface area contributed by atoms with Crippen molar-refractivity contribution in [3.63, 3.8) is 0 Å². The zero-order valence-electron chi connectivity index (χ0n) is 16.2. The normalized spacial score (nSPS) is 14.8. The number of hydrogen-bond acceptors (Lipinski definition) is 4. The summed E-state index contributed by atoms with van der Waals surface area (Å²) in [4.78, 5) is 24.4. The SMILES string of the molecule is Cn1c(=O)ccc2cc(COc3cc(F)cc(C(=O)C4CCOCC4)c3)ccc21. The lowest BCUT2D eigenvalue weighted by Crippen LogP contribution is -2.23. The second kappa shape index (κ2) is 8.17. The van der Waals surface area contributed by atoms with Crippen molar-refractivity contribution in [1.82, 2.24) is 4.57 Å². The number of pyridine rings is 1. The summed E-state index contributed by atoms with van der Waals surface area (Å²) in [5, 5.41) is 0.919. The number of benzene rings is 2. The molecule has 29 heavy (non-hydrogen) atoms. The van der Waals surface area contributed by atoms with Crippen LogP contribution in [0.1, 0.15) is 28.8 Å². The van der Waals surface area contributed by atoms with Crippen LogP contribution in [0.5, 0.6) is 5.75 Å². The lowest BCUT2D eigenvalue weighted by atomic mass is 9.91. The van der Waals surface area contributed by atoms with Gasteiger partial charge in [-0.3, -0.25) is 9.59 Å². The quantitative estimate of drug-likeness (QED) is 0.616. The molecule has 0 N–H and O–H groups in total. The van der Waals surface area contributed by atoms with Crippen LogP contribution in [0.3, 0.4) is 0 Å². The highest BCUT2D eigenvalue weighted by atomic mass is 19.1. The monoisotopic (exact) mass is 395 g/mol. The van der Waals surface area contributed by atoms with Crippen molar-refractivity contribution in [2.45, 2.75) is 19.4 Å². The third-order valence-electron chi connectivity index (χ3n) is 5.34. The van der Waals surface area contributed by atoms with Crippen LogP contribution in [0, 0.1) is 11.7 Å². The Labute approximate surface area is 167 Å². The Kier molecular flexibility index (Phi) is 5.45. The maximum Gasteiger partial charge on any atom is 0.250 e. The first-order valence-electron chi connectivity index (χ1n) is 9.65. The topological polar surface area (TPSA) is 57.5 Å². The summed E-state index contributed by atoms with van der Waals surface area (Å²) in [5.41, 5.74) is 1.98. The number of carbonyl (C=O) groups excluding carboxylic acids is 1. The molecular weight excluding hydrogens is 373 g/mol.